The van der Waals surface area contributed by atoms with Gasteiger partial charge in [0.1, 0.15) is 5.82 Å². The van der Waals surface area contributed by atoms with Crippen molar-refractivity contribution in [3.8, 4) is 11.4 Å². The van der Waals surface area contributed by atoms with Gasteiger partial charge in [-0.25, -0.2) is 4.98 Å². The number of rotatable bonds is 4. The van der Waals surface area contributed by atoms with Gasteiger partial charge in [-0.1, -0.05) is 27.5 Å². The van der Waals surface area contributed by atoms with E-state index in [-0.39, 0.29) is 17.9 Å². The molecule has 0 radical (unpaired) electrons. The maximum atomic E-state index is 12.2. The lowest BCUT2D eigenvalue weighted by molar-refractivity contribution is -0.115. The molecule has 0 saturated carbocycles. The van der Waals surface area contributed by atoms with Crippen molar-refractivity contribution in [3.63, 3.8) is 0 Å². The van der Waals surface area contributed by atoms with E-state index in [4.69, 9.17) is 11.6 Å². The van der Waals surface area contributed by atoms with Gasteiger partial charge in [-0.05, 0) is 48.5 Å². The van der Waals surface area contributed by atoms with E-state index in [1.165, 1.54) is 6.20 Å². The Kier molecular flexibility index (Phi) is 5.31. The van der Waals surface area contributed by atoms with Crippen LogP contribution in [0, 0.1) is 0 Å². The Morgan fingerprint density at radius 2 is 1.80 bits per heavy atom. The third-order valence-corrected chi connectivity index (χ3v) is 4.25. The van der Waals surface area contributed by atoms with Crippen LogP contribution in [0.15, 0.2) is 64.0 Å². The maximum absolute atomic E-state index is 12.2. The molecule has 0 spiro atoms. The summed E-state index contributed by atoms with van der Waals surface area (Å²) in [5.74, 6) is 0.146. The molecule has 1 heterocycles. The third-order valence-electron chi connectivity index (χ3n) is 3.47. The summed E-state index contributed by atoms with van der Waals surface area (Å²) in [7, 11) is 0. The summed E-state index contributed by atoms with van der Waals surface area (Å²) in [4.78, 5) is 31.2. The van der Waals surface area contributed by atoms with Gasteiger partial charge in [0.25, 0.3) is 5.56 Å². The number of hydrogen-bond acceptors (Lipinski definition) is 3. The van der Waals surface area contributed by atoms with Gasteiger partial charge in [-0.2, -0.15) is 0 Å². The highest BCUT2D eigenvalue weighted by molar-refractivity contribution is 9.10. The van der Waals surface area contributed by atoms with Crippen molar-refractivity contribution in [2.45, 2.75) is 6.42 Å². The molecule has 0 atom stereocenters. The lowest BCUT2D eigenvalue weighted by Crippen LogP contribution is -2.22. The summed E-state index contributed by atoms with van der Waals surface area (Å²) >= 11 is 9.18. The van der Waals surface area contributed by atoms with Crippen LogP contribution in [0.4, 0.5) is 5.69 Å². The Morgan fingerprint density at radius 1 is 1.12 bits per heavy atom. The Bertz CT molecular complexity index is 953. The zero-order valence-electron chi connectivity index (χ0n) is 12.9. The van der Waals surface area contributed by atoms with E-state index in [2.05, 4.69) is 31.2 Å². The van der Waals surface area contributed by atoms with Gasteiger partial charge in [-0.3, -0.25) is 9.59 Å². The summed E-state index contributed by atoms with van der Waals surface area (Å²) in [5, 5.41) is 3.35. The molecule has 0 unspecified atom stereocenters. The second-order valence-electron chi connectivity index (χ2n) is 5.32. The molecule has 1 amide bonds. The van der Waals surface area contributed by atoms with Crippen molar-refractivity contribution in [2.75, 3.05) is 5.32 Å². The normalized spacial score (nSPS) is 10.5. The Morgan fingerprint density at radius 3 is 2.44 bits per heavy atom. The number of H-pyrrole nitrogens is 1. The molecule has 0 fully saturated rings. The highest BCUT2D eigenvalue weighted by Gasteiger charge is 2.10. The summed E-state index contributed by atoms with van der Waals surface area (Å²) in [6.07, 6.45) is 1.36. The molecular formula is C18H13BrClN3O2. The molecule has 25 heavy (non-hydrogen) atoms. The SMILES string of the molecule is O=C(Cc1cnc(-c2ccc(Cl)cc2)[nH]c1=O)Nc1ccc(Br)cc1. The van der Waals surface area contributed by atoms with Crippen LogP contribution >= 0.6 is 27.5 Å². The number of benzene rings is 2. The van der Waals surface area contributed by atoms with Crippen LogP contribution in [-0.4, -0.2) is 15.9 Å². The minimum Gasteiger partial charge on any atom is -0.326 e. The van der Waals surface area contributed by atoms with Crippen molar-refractivity contribution >= 4 is 39.1 Å². The van der Waals surface area contributed by atoms with Crippen LogP contribution < -0.4 is 10.9 Å². The smallest absolute Gasteiger partial charge is 0.254 e. The minimum absolute atomic E-state index is 0.0563. The molecule has 1 aromatic heterocycles. The van der Waals surface area contributed by atoms with Crippen molar-refractivity contribution < 1.29 is 4.79 Å². The average molecular weight is 419 g/mol. The molecule has 2 N–H and O–H groups in total. The molecule has 0 bridgehead atoms. The molecular weight excluding hydrogens is 406 g/mol. The monoisotopic (exact) mass is 417 g/mol. The number of nitrogens with zero attached hydrogens (tertiary/aromatic N) is 1. The summed E-state index contributed by atoms with van der Waals surface area (Å²) < 4.78 is 0.920. The van der Waals surface area contributed by atoms with Crippen LogP contribution in [0.1, 0.15) is 5.56 Å². The quantitative estimate of drug-likeness (QED) is 0.671. The molecule has 7 heteroatoms. The van der Waals surface area contributed by atoms with Crippen LogP contribution in [0.3, 0.4) is 0 Å². The second-order valence-corrected chi connectivity index (χ2v) is 6.68. The van der Waals surface area contributed by atoms with Gasteiger partial charge in [0.15, 0.2) is 0 Å². The van der Waals surface area contributed by atoms with Gasteiger partial charge in [0.05, 0.1) is 6.42 Å². The Balaban J connectivity index is 1.72. The van der Waals surface area contributed by atoms with E-state index >= 15 is 0 Å². The van der Waals surface area contributed by atoms with Crippen molar-refractivity contribution in [1.82, 2.24) is 9.97 Å². The van der Waals surface area contributed by atoms with E-state index in [1.807, 2.05) is 12.1 Å². The molecule has 0 aliphatic rings. The average Bonchev–Trinajstić information content (AvgIpc) is 2.59. The first-order chi connectivity index (χ1) is 12.0. The van der Waals surface area contributed by atoms with Crippen molar-refractivity contribution in [1.29, 1.82) is 0 Å². The first kappa shape index (κ1) is 17.4. The van der Waals surface area contributed by atoms with Gasteiger partial charge >= 0.3 is 0 Å². The standard InChI is InChI=1S/C18H13BrClN3O2/c19-13-3-7-15(8-4-13)22-16(24)9-12-10-21-17(23-18(12)25)11-1-5-14(20)6-2-11/h1-8,10H,9H2,(H,22,24)(H,21,23,25). The van der Waals surface area contributed by atoms with Crippen LogP contribution in [0.5, 0.6) is 0 Å². The van der Waals surface area contributed by atoms with Gasteiger partial charge in [0, 0.05) is 32.5 Å². The fourth-order valence-electron chi connectivity index (χ4n) is 2.21. The van der Waals surface area contributed by atoms with E-state index in [0.717, 1.165) is 10.0 Å². The first-order valence-corrected chi connectivity index (χ1v) is 8.58. The molecule has 0 aliphatic heterocycles. The summed E-state index contributed by atoms with van der Waals surface area (Å²) in [6.45, 7) is 0. The number of carbonyl (C=O) groups is 1. The Labute approximate surface area is 157 Å². The van der Waals surface area contributed by atoms with Crippen LogP contribution in [0.25, 0.3) is 11.4 Å². The molecule has 5 nitrogen and oxygen atoms in total. The molecule has 3 aromatic rings. The maximum Gasteiger partial charge on any atom is 0.254 e. The molecule has 0 saturated heterocycles. The predicted molar refractivity (Wildman–Crippen MR) is 102 cm³/mol. The number of nitrogens with one attached hydrogen (secondary N) is 2. The highest BCUT2D eigenvalue weighted by atomic mass is 79.9. The predicted octanol–water partition coefficient (Wildman–Crippen LogP) is 4.03. The number of aromatic nitrogens is 2. The molecule has 126 valence electrons. The van der Waals surface area contributed by atoms with Crippen LogP contribution in [0.2, 0.25) is 5.02 Å². The van der Waals surface area contributed by atoms with E-state index in [1.54, 1.807) is 36.4 Å². The number of amides is 1. The largest absolute Gasteiger partial charge is 0.326 e. The number of aromatic amines is 1. The zero-order valence-corrected chi connectivity index (χ0v) is 15.3. The molecule has 0 aliphatic carbocycles. The molecule has 2 aromatic carbocycles. The second kappa shape index (κ2) is 7.63. The first-order valence-electron chi connectivity index (χ1n) is 7.41. The van der Waals surface area contributed by atoms with Gasteiger partial charge in [-0.15, -0.1) is 0 Å². The topological polar surface area (TPSA) is 74.8 Å². The van der Waals surface area contributed by atoms with Gasteiger partial charge < -0.3 is 10.3 Å². The summed E-state index contributed by atoms with van der Waals surface area (Å²) in [5.41, 5.74) is 1.36. The van der Waals surface area contributed by atoms with E-state index in [9.17, 15) is 9.59 Å². The Hall–Kier alpha value is -2.44. The highest BCUT2D eigenvalue weighted by Crippen LogP contribution is 2.17. The number of carbonyl (C=O) groups excluding carboxylic acids is 1. The lowest BCUT2D eigenvalue weighted by Gasteiger charge is -2.06. The van der Waals surface area contributed by atoms with Crippen molar-refractivity contribution in [2.24, 2.45) is 0 Å². The minimum atomic E-state index is -0.342. The fourth-order valence-corrected chi connectivity index (χ4v) is 2.60. The van der Waals surface area contributed by atoms with E-state index < -0.39 is 0 Å². The van der Waals surface area contributed by atoms with E-state index in [0.29, 0.717) is 22.1 Å². The fraction of sp³-hybridized carbons (Fsp3) is 0.0556. The molecule has 3 rings (SSSR count). The third kappa shape index (κ3) is 4.55. The number of halogens is 2. The van der Waals surface area contributed by atoms with Gasteiger partial charge in [0.2, 0.25) is 5.91 Å². The van der Waals surface area contributed by atoms with Crippen molar-refractivity contribution in [3.05, 3.63) is 80.1 Å². The lowest BCUT2D eigenvalue weighted by atomic mass is 10.2. The number of anilines is 1. The summed E-state index contributed by atoms with van der Waals surface area (Å²) in [6, 6.07) is 14.2. The zero-order chi connectivity index (χ0) is 17.8. The van der Waals surface area contributed by atoms with Crippen LogP contribution in [-0.2, 0) is 11.2 Å². The number of hydrogen-bond donors (Lipinski definition) is 2.